The molecule has 20 aromatic carbocycles. The molecule has 0 saturated carbocycles. The van der Waals surface area contributed by atoms with Crippen LogP contribution in [0, 0.1) is 58.5 Å². The number of aromatic amines is 1. The molecule has 0 unspecified atom stereocenters. The van der Waals surface area contributed by atoms with Crippen molar-refractivity contribution >= 4 is 165 Å². The monoisotopic (exact) mass is 1820 g/mol. The number of imidazole rings is 1. The molecule has 0 bridgehead atoms. The van der Waals surface area contributed by atoms with E-state index in [0.717, 1.165) is 73.2 Å². The second-order valence-corrected chi connectivity index (χ2v) is 33.6. The molecule has 25 rings (SSSR count). The third-order valence-electron chi connectivity index (χ3n) is 25.4. The predicted octanol–water partition coefficient (Wildman–Crippen LogP) is 26.7. The standard InChI is InChI=1S/C53H34N2.C44H32N2.C18N12.C9H7NO.Li/c1-2-16-44(17-3-1)55-50-21-11-10-20-49(50)54-53(55)38-26-22-37(23-27-38)41-30-31-47-48(34-41)52(43-29-25-36-13-5-7-15-40(36)33-43)46-19-9-8-18-45(46)51(47)42-28-24-35-12-4-6-14-39(35)32-42;1-3-17-37(18-4-1)45(43-23-11-15-35-13-7-9-21-41(35)43)39-29-25-33(26-30-39)34-27-31-40(32-28-34)46(38-19-5-2-6-20-38)44-24-12-16-36-14-8-10-22-42(36)44;1-23-17-18(24-2)30-16-14-12(26-8(4-20)10(6-22)28-14)11-13(15(16)29-17)27-9(5-21)7(3-19)25-11;11-8-5-1-3-7-4-2-6-10-9(7)8;/h1-34H;1-32H;;1-6,11H;/q;;;;+1. The average Bonchev–Trinajstić information content (AvgIpc) is 1.20. The van der Waals surface area contributed by atoms with E-state index in [1.165, 1.54) is 104 Å². The first-order chi connectivity index (χ1) is 70.1. The molecule has 143 heavy (non-hydrogen) atoms. The van der Waals surface area contributed by atoms with Gasteiger partial charge in [-0.1, -0.05) is 323 Å². The molecule has 0 amide bonds. The molecule has 1 N–H and O–H groups in total. The SMILES string of the molecule is [C-]#[N+]c1nc2c3nc(C#N)c(C#N)nc3c3nc(C#N)c(C#N)nc3c2nc1[N+]#[C-].[Li+].[O-]c1cccc2ccc[nH+]c12.c1ccc(-n2c(-c3ccc(-c4ccc5c(-c6ccc7ccccc7c6)c6ccccc6c(-c6ccc7ccccc7c6)c5c4)cc3)nc3ccccc32)cc1.c1ccc(N(c2ccc(-c3ccc(N(c4ccccc4)c4cccc5ccccc45)cc3)cc2)c2cccc3ccccc23)cc1. The van der Waals surface area contributed by atoms with Gasteiger partial charge < -0.3 is 24.6 Å². The van der Waals surface area contributed by atoms with Crippen LogP contribution in [0.1, 0.15) is 22.8 Å². The van der Waals surface area contributed by atoms with Gasteiger partial charge in [0.15, 0.2) is 29.0 Å². The van der Waals surface area contributed by atoms with Crippen molar-refractivity contribution in [1.82, 2.24) is 39.5 Å². The quantitative estimate of drug-likeness (QED) is 0.0478. The van der Waals surface area contributed by atoms with Gasteiger partial charge in [-0.05, 0) is 219 Å². The Morgan fingerprint density at radius 3 is 1.10 bits per heavy atom. The minimum absolute atomic E-state index is 0. The summed E-state index contributed by atoms with van der Waals surface area (Å²) in [4.78, 5) is 43.8. The molecular weight excluding hydrogens is 1750 g/mol. The van der Waals surface area contributed by atoms with Gasteiger partial charge in [0.2, 0.25) is 16.6 Å². The topological polar surface area (TPSA) is 243 Å². The van der Waals surface area contributed by atoms with Gasteiger partial charge in [0.05, 0.1) is 22.4 Å². The Bertz CT molecular complexity index is 9070. The molecule has 660 valence electrons. The van der Waals surface area contributed by atoms with Crippen molar-refractivity contribution in [2.24, 2.45) is 0 Å². The maximum atomic E-state index is 11.1. The second kappa shape index (κ2) is 39.2. The second-order valence-electron chi connectivity index (χ2n) is 33.6. The number of rotatable bonds is 12. The molecule has 0 spiro atoms. The Hall–Kier alpha value is -20.2. The van der Waals surface area contributed by atoms with E-state index >= 15 is 0 Å². The normalized spacial score (nSPS) is 10.9. The summed E-state index contributed by atoms with van der Waals surface area (Å²) in [5.41, 5.74) is 20.2. The van der Waals surface area contributed by atoms with Crippen molar-refractivity contribution in [2.75, 3.05) is 9.80 Å². The average molecular weight is 1820 g/mol. The summed E-state index contributed by atoms with van der Waals surface area (Å²) in [6.45, 7) is 14.5. The third-order valence-corrected chi connectivity index (χ3v) is 25.4. The van der Waals surface area contributed by atoms with Crippen molar-refractivity contribution in [2.45, 2.75) is 0 Å². The van der Waals surface area contributed by atoms with Gasteiger partial charge >= 0.3 is 18.9 Å². The molecule has 0 atom stereocenters. The molecule has 0 aliphatic carbocycles. The molecule has 0 fully saturated rings. The fourth-order valence-corrected chi connectivity index (χ4v) is 18.8. The number of aromatic nitrogens is 9. The first-order valence-corrected chi connectivity index (χ1v) is 45.7. The number of benzene rings is 20. The minimum atomic E-state index is -0.301. The van der Waals surface area contributed by atoms with E-state index in [9.17, 15) is 26.2 Å². The minimum Gasteiger partial charge on any atom is -0.868 e. The first kappa shape index (κ1) is 89.3. The predicted molar refractivity (Wildman–Crippen MR) is 566 cm³/mol. The Labute approximate surface area is 832 Å². The number of nitrogens with zero attached hydrogens (tertiary/aromatic N) is 16. The largest absolute Gasteiger partial charge is 1.00 e. The summed E-state index contributed by atoms with van der Waals surface area (Å²) >= 11 is 0. The fourth-order valence-electron chi connectivity index (χ4n) is 18.8. The molecule has 18 nitrogen and oxygen atoms in total. The van der Waals surface area contributed by atoms with Crippen LogP contribution in [0.2, 0.25) is 0 Å². The van der Waals surface area contributed by atoms with Gasteiger partial charge in [-0.15, -0.1) is 9.97 Å². The number of fused-ring (bicyclic) bond motifs is 14. The molecule has 0 aliphatic rings. The van der Waals surface area contributed by atoms with Crippen LogP contribution < -0.4 is 38.8 Å². The van der Waals surface area contributed by atoms with Crippen LogP contribution >= 0.6 is 0 Å². The van der Waals surface area contributed by atoms with E-state index in [1.807, 2.05) is 18.2 Å². The van der Waals surface area contributed by atoms with Gasteiger partial charge in [0.1, 0.15) is 52.2 Å². The molecule has 19 heteroatoms. The molecule has 5 aromatic heterocycles. The van der Waals surface area contributed by atoms with E-state index in [1.54, 1.807) is 42.6 Å². The molecule has 5 heterocycles. The number of H-pyrrole nitrogens is 1. The van der Waals surface area contributed by atoms with Crippen molar-refractivity contribution in [1.29, 1.82) is 21.0 Å². The fraction of sp³-hybridized carbons (Fsp3) is 0. The summed E-state index contributed by atoms with van der Waals surface area (Å²) in [5.74, 6) is 0.375. The number of nitriles is 4. The van der Waals surface area contributed by atoms with Crippen LogP contribution in [0.4, 0.5) is 45.8 Å². The van der Waals surface area contributed by atoms with Crippen molar-refractivity contribution < 1.29 is 29.0 Å². The van der Waals surface area contributed by atoms with Gasteiger partial charge in [-0.3, -0.25) is 4.57 Å². The zero-order valence-electron chi connectivity index (χ0n) is 76.6. The summed E-state index contributed by atoms with van der Waals surface area (Å²) in [6, 6.07) is 160. The van der Waals surface area contributed by atoms with Gasteiger partial charge in [-0.25, -0.2) is 29.9 Å². The van der Waals surface area contributed by atoms with E-state index in [2.05, 4.69) is 459 Å². The molecule has 25 aromatic rings. The Kier molecular flexibility index (Phi) is 24.5. The number of anilines is 6. The summed E-state index contributed by atoms with van der Waals surface area (Å²) in [5, 5.41) is 64.1. The van der Waals surface area contributed by atoms with Crippen molar-refractivity contribution in [3.63, 3.8) is 0 Å². The molecular formula is C124H73LiN17O+. The van der Waals surface area contributed by atoms with Crippen LogP contribution in [-0.4, -0.2) is 39.5 Å². The zero-order valence-corrected chi connectivity index (χ0v) is 76.6. The molecule has 0 aliphatic heterocycles. The van der Waals surface area contributed by atoms with Crippen molar-refractivity contribution in [3.8, 4) is 91.6 Å². The molecule has 0 saturated heterocycles. The van der Waals surface area contributed by atoms with Crippen molar-refractivity contribution in [3.05, 3.63) is 483 Å². The van der Waals surface area contributed by atoms with Crippen LogP contribution in [-0.2, 0) is 0 Å². The first-order valence-electron chi connectivity index (χ1n) is 45.7. The summed E-state index contributed by atoms with van der Waals surface area (Å²) in [7, 11) is 0. The molecule has 0 radical (unpaired) electrons. The zero-order chi connectivity index (χ0) is 96.1. The summed E-state index contributed by atoms with van der Waals surface area (Å²) < 4.78 is 2.26. The van der Waals surface area contributed by atoms with Crippen LogP contribution in [0.5, 0.6) is 5.75 Å². The van der Waals surface area contributed by atoms with E-state index < -0.39 is 0 Å². The van der Waals surface area contributed by atoms with Gasteiger partial charge in [0.25, 0.3) is 11.6 Å². The smallest absolute Gasteiger partial charge is 0.868 e. The van der Waals surface area contributed by atoms with Crippen LogP contribution in [0.25, 0.3) is 191 Å². The Morgan fingerprint density at radius 1 is 0.280 bits per heavy atom. The maximum Gasteiger partial charge on any atom is 1.00 e. The maximum absolute atomic E-state index is 11.1. The number of para-hydroxylation sites is 6. The Balaban J connectivity index is 0.000000124. The van der Waals surface area contributed by atoms with Crippen LogP contribution in [0.15, 0.2) is 437 Å². The van der Waals surface area contributed by atoms with Crippen LogP contribution in [0.3, 0.4) is 0 Å². The summed E-state index contributed by atoms with van der Waals surface area (Å²) in [6.07, 6.45) is 1.75. The van der Waals surface area contributed by atoms with E-state index in [4.69, 9.17) is 18.1 Å². The van der Waals surface area contributed by atoms with E-state index in [0.29, 0.717) is 5.52 Å². The number of hydrogen-bond donors (Lipinski definition) is 0. The van der Waals surface area contributed by atoms with Gasteiger partial charge in [0, 0.05) is 56.2 Å². The third kappa shape index (κ3) is 17.1. The number of hydrogen-bond acceptors (Lipinski definition) is 14. The number of nitrogens with one attached hydrogen (secondary N) is 1. The Morgan fingerprint density at radius 2 is 0.629 bits per heavy atom. The number of pyridine rings is 1. The van der Waals surface area contributed by atoms with E-state index in [-0.39, 0.29) is 92.1 Å². The van der Waals surface area contributed by atoms with Gasteiger partial charge in [-0.2, -0.15) is 21.0 Å².